The predicted molar refractivity (Wildman–Crippen MR) is 164 cm³/mol. The summed E-state index contributed by atoms with van der Waals surface area (Å²) in [5.41, 5.74) is 2.77. The highest BCUT2D eigenvalue weighted by Crippen LogP contribution is 2.43. The number of para-hydroxylation sites is 1. The smallest absolute Gasteiger partial charge is 0.337 e. The van der Waals surface area contributed by atoms with E-state index in [9.17, 15) is 14.7 Å². The molecule has 1 amide bonds. The number of anilines is 2. The molecule has 0 aromatic heterocycles. The van der Waals surface area contributed by atoms with Crippen LogP contribution in [-0.4, -0.2) is 80.2 Å². The van der Waals surface area contributed by atoms with E-state index in [1.165, 1.54) is 4.90 Å². The number of nitrogens with zero attached hydrogens (tertiary/aromatic N) is 3. The molecule has 2 bridgehead atoms. The molecule has 44 heavy (non-hydrogen) atoms. The van der Waals surface area contributed by atoms with Crippen molar-refractivity contribution in [3.8, 4) is 16.9 Å². The third-order valence-electron chi connectivity index (χ3n) is 9.02. The number of aromatic carboxylic acids is 1. The average molecular weight is 643 g/mol. The van der Waals surface area contributed by atoms with Crippen molar-refractivity contribution in [3.05, 3.63) is 75.0 Å². The van der Waals surface area contributed by atoms with E-state index < -0.39 is 11.8 Å². The fourth-order valence-corrected chi connectivity index (χ4v) is 7.33. The summed E-state index contributed by atoms with van der Waals surface area (Å²) in [5.74, 6) is -1.80. The molecule has 230 valence electrons. The van der Waals surface area contributed by atoms with Crippen molar-refractivity contribution in [1.82, 2.24) is 4.90 Å². The van der Waals surface area contributed by atoms with Gasteiger partial charge in [-0.05, 0) is 37.1 Å². The molecule has 7 rings (SSSR count). The lowest BCUT2D eigenvalue weighted by molar-refractivity contribution is 0.0515. The standard InChI is InChI=1S/C32H30Cl2FN3O6/c1-42-21-12-36(13-21)20-7-25(33)29(26(34)8-20)31(39)37-11-17-3-2-4-22(30(17)44-16-37)23-10-28(24(32(40)41)9-27(23)35)38-18-5-6-19(38)15-43-14-18/h2-4,7-10,18-19,21H,5-6,11-16H2,1H3,(H,40,41). The van der Waals surface area contributed by atoms with Crippen LogP contribution in [0.3, 0.4) is 0 Å². The second-order valence-corrected chi connectivity index (χ2v) is 12.4. The van der Waals surface area contributed by atoms with E-state index in [4.69, 9.17) is 37.4 Å². The summed E-state index contributed by atoms with van der Waals surface area (Å²) in [5, 5.41) is 10.4. The molecule has 4 aliphatic heterocycles. The van der Waals surface area contributed by atoms with Crippen LogP contribution in [0.1, 0.15) is 39.1 Å². The van der Waals surface area contributed by atoms with Gasteiger partial charge in [0.2, 0.25) is 0 Å². The molecule has 4 aliphatic rings. The first kappa shape index (κ1) is 29.2. The molecule has 2 unspecified atom stereocenters. The zero-order chi connectivity index (χ0) is 30.7. The molecule has 3 aromatic carbocycles. The van der Waals surface area contributed by atoms with Crippen molar-refractivity contribution < 1.29 is 33.3 Å². The fraction of sp³-hybridized carbons (Fsp3) is 0.375. The van der Waals surface area contributed by atoms with E-state index in [0.29, 0.717) is 48.9 Å². The van der Waals surface area contributed by atoms with E-state index in [1.54, 1.807) is 37.4 Å². The third-order valence-corrected chi connectivity index (χ3v) is 9.62. The minimum Gasteiger partial charge on any atom is -0.478 e. The molecule has 12 heteroatoms. The molecule has 1 N–H and O–H groups in total. The topological polar surface area (TPSA) is 91.8 Å². The van der Waals surface area contributed by atoms with Gasteiger partial charge in [-0.2, -0.15) is 0 Å². The number of amides is 1. The molecule has 3 aromatic rings. The Hall–Kier alpha value is -3.57. The first-order valence-electron chi connectivity index (χ1n) is 14.5. The third kappa shape index (κ3) is 4.94. The average Bonchev–Trinajstić information content (AvgIpc) is 3.22. The number of benzene rings is 3. The van der Waals surface area contributed by atoms with E-state index in [1.807, 2.05) is 6.07 Å². The number of rotatable bonds is 6. The van der Waals surface area contributed by atoms with Crippen LogP contribution >= 0.6 is 23.2 Å². The van der Waals surface area contributed by atoms with Crippen molar-refractivity contribution in [2.45, 2.75) is 37.6 Å². The maximum atomic E-state index is 15.6. The van der Waals surface area contributed by atoms with Crippen molar-refractivity contribution in [3.63, 3.8) is 0 Å². The lowest BCUT2D eigenvalue weighted by Crippen LogP contribution is -2.51. The van der Waals surface area contributed by atoms with Crippen molar-refractivity contribution in [2.24, 2.45) is 0 Å². The first-order valence-corrected chi connectivity index (χ1v) is 15.2. The Morgan fingerprint density at radius 1 is 1.02 bits per heavy atom. The van der Waals surface area contributed by atoms with Gasteiger partial charge < -0.3 is 34.0 Å². The van der Waals surface area contributed by atoms with Gasteiger partial charge in [-0.3, -0.25) is 4.79 Å². The zero-order valence-electron chi connectivity index (χ0n) is 23.9. The maximum Gasteiger partial charge on any atom is 0.337 e. The summed E-state index contributed by atoms with van der Waals surface area (Å²) in [7, 11) is 1.67. The van der Waals surface area contributed by atoms with Gasteiger partial charge in [0.15, 0.2) is 6.73 Å². The number of methoxy groups -OCH3 is 1. The quantitative estimate of drug-likeness (QED) is 0.367. The summed E-state index contributed by atoms with van der Waals surface area (Å²) in [6.45, 7) is 2.51. The summed E-state index contributed by atoms with van der Waals surface area (Å²) in [6.07, 6.45) is 1.91. The molecule has 3 fully saturated rings. The maximum absolute atomic E-state index is 15.6. The monoisotopic (exact) mass is 641 g/mol. The number of carbonyl (C=O) groups is 2. The van der Waals surface area contributed by atoms with E-state index in [-0.39, 0.29) is 64.1 Å². The normalized spacial score (nSPS) is 21.1. The minimum atomic E-state index is -1.19. The first-order chi connectivity index (χ1) is 21.2. The van der Waals surface area contributed by atoms with Gasteiger partial charge in [-0.15, -0.1) is 0 Å². The molecule has 0 radical (unpaired) electrons. The van der Waals surface area contributed by atoms with Gasteiger partial charge in [0, 0.05) is 42.6 Å². The highest BCUT2D eigenvalue weighted by Gasteiger charge is 2.40. The van der Waals surface area contributed by atoms with Crippen LogP contribution < -0.4 is 14.5 Å². The van der Waals surface area contributed by atoms with E-state index in [2.05, 4.69) is 9.80 Å². The fourth-order valence-electron chi connectivity index (χ4n) is 6.69. The van der Waals surface area contributed by atoms with Crippen LogP contribution in [-0.2, 0) is 16.0 Å². The number of carboxylic acid groups (broad SMARTS) is 1. The highest BCUT2D eigenvalue weighted by atomic mass is 35.5. The van der Waals surface area contributed by atoms with Crippen LogP contribution in [0, 0.1) is 5.82 Å². The number of fused-ring (bicyclic) bond motifs is 3. The Bertz CT molecular complexity index is 1630. The summed E-state index contributed by atoms with van der Waals surface area (Å²) in [6, 6.07) is 11.5. The molecule has 4 heterocycles. The van der Waals surface area contributed by atoms with Crippen LogP contribution in [0.4, 0.5) is 15.8 Å². The Balaban J connectivity index is 1.18. The number of carbonyl (C=O) groups excluding carboxylic acids is 1. The van der Waals surface area contributed by atoms with Crippen molar-refractivity contribution in [2.75, 3.05) is 49.9 Å². The summed E-state index contributed by atoms with van der Waals surface area (Å²) >= 11 is 13.2. The lowest BCUT2D eigenvalue weighted by atomic mass is 9.96. The van der Waals surface area contributed by atoms with Crippen molar-refractivity contribution in [1.29, 1.82) is 0 Å². The Kier molecular flexibility index (Phi) is 7.56. The lowest BCUT2D eigenvalue weighted by Gasteiger charge is -2.40. The number of halogens is 3. The molecular weight excluding hydrogens is 612 g/mol. The van der Waals surface area contributed by atoms with Crippen LogP contribution in [0.15, 0.2) is 42.5 Å². The second-order valence-electron chi connectivity index (χ2n) is 11.6. The predicted octanol–water partition coefficient (Wildman–Crippen LogP) is 5.69. The number of carboxylic acids is 1. The molecule has 2 atom stereocenters. The molecule has 0 saturated carbocycles. The van der Waals surface area contributed by atoms with Gasteiger partial charge in [0.25, 0.3) is 5.91 Å². The van der Waals surface area contributed by atoms with Gasteiger partial charge in [0.05, 0.1) is 64.8 Å². The van der Waals surface area contributed by atoms with Gasteiger partial charge >= 0.3 is 5.97 Å². The summed E-state index contributed by atoms with van der Waals surface area (Å²) in [4.78, 5) is 31.4. The molecule has 9 nitrogen and oxygen atoms in total. The second kappa shape index (κ2) is 11.4. The Labute approximate surface area is 263 Å². The highest BCUT2D eigenvalue weighted by molar-refractivity contribution is 6.40. The zero-order valence-corrected chi connectivity index (χ0v) is 25.4. The SMILES string of the molecule is COC1CN(c2cc(Cl)c(C(=O)N3COc4c(cccc4-c4cc(N5C6CCC5COC6)c(C(=O)O)cc4F)C3)c(Cl)c2)C1. The van der Waals surface area contributed by atoms with Crippen LogP contribution in [0.25, 0.3) is 11.1 Å². The molecule has 3 saturated heterocycles. The number of morpholine rings is 1. The number of ether oxygens (including phenoxy) is 3. The Morgan fingerprint density at radius 2 is 1.73 bits per heavy atom. The van der Waals surface area contributed by atoms with Crippen molar-refractivity contribution >= 4 is 46.5 Å². The van der Waals surface area contributed by atoms with E-state index in [0.717, 1.165) is 24.6 Å². The van der Waals surface area contributed by atoms with E-state index >= 15 is 4.39 Å². The molecular formula is C32H30Cl2FN3O6. The van der Waals surface area contributed by atoms with Gasteiger partial charge in [-0.25, -0.2) is 9.18 Å². The molecule has 0 aliphatic carbocycles. The number of hydrogen-bond acceptors (Lipinski definition) is 7. The largest absolute Gasteiger partial charge is 0.478 e. The minimum absolute atomic E-state index is 0.0339. The molecule has 0 spiro atoms. The summed E-state index contributed by atoms with van der Waals surface area (Å²) < 4.78 is 32.8. The van der Waals surface area contributed by atoms with Crippen LogP contribution in [0.5, 0.6) is 5.75 Å². The van der Waals surface area contributed by atoms with Crippen LogP contribution in [0.2, 0.25) is 10.0 Å². The Morgan fingerprint density at radius 3 is 2.39 bits per heavy atom. The number of hydrogen-bond donors (Lipinski definition) is 1. The van der Waals surface area contributed by atoms with Gasteiger partial charge in [0.1, 0.15) is 11.6 Å². The van der Waals surface area contributed by atoms with Gasteiger partial charge in [-0.1, -0.05) is 41.4 Å².